The predicted molar refractivity (Wildman–Crippen MR) is 211 cm³/mol. The van der Waals surface area contributed by atoms with Gasteiger partial charge in [0.2, 0.25) is 0 Å². The zero-order valence-corrected chi connectivity index (χ0v) is 30.0. The standard InChI is InChI=1S/C25H28NOP.C19H15NO/c1-17(2)28(18(3)4)25-23(15-10-16-24(25)27-5)26-21-13-8-6-11-19(21)20-12-7-9-14-22(20)26;1-21-15-8-6-7-14(13-15)20-18-11-4-2-9-16(18)17-10-3-5-12-19(17)20/h6-18H,1-5H3;2-13H,1H3. The fraction of sp³-hybridized carbons (Fsp3) is 0.182. The molecule has 0 amide bonds. The van der Waals surface area contributed by atoms with Gasteiger partial charge in [-0.1, -0.05) is 121 Å². The molecule has 0 radical (unpaired) electrons. The van der Waals surface area contributed by atoms with Crippen molar-refractivity contribution in [2.75, 3.05) is 14.2 Å². The first-order valence-electron chi connectivity index (χ1n) is 17.0. The van der Waals surface area contributed by atoms with Gasteiger partial charge in [-0.25, -0.2) is 0 Å². The molecule has 0 aliphatic rings. The summed E-state index contributed by atoms with van der Waals surface area (Å²) < 4.78 is 16.0. The Hall–Kier alpha value is -5.05. The molecule has 6 aromatic carbocycles. The number of hydrogen-bond acceptors (Lipinski definition) is 2. The molecule has 0 N–H and O–H groups in total. The van der Waals surface area contributed by atoms with Crippen molar-refractivity contribution in [2.45, 2.75) is 39.0 Å². The number of fused-ring (bicyclic) bond motifs is 6. The van der Waals surface area contributed by atoms with Crippen LogP contribution >= 0.6 is 7.92 Å². The molecule has 0 spiro atoms. The average molecular weight is 663 g/mol. The Bertz CT molecular complexity index is 2290. The number of ether oxygens (including phenoxy) is 2. The zero-order valence-electron chi connectivity index (χ0n) is 29.1. The molecule has 0 saturated heterocycles. The molecule has 0 atom stereocenters. The first-order valence-corrected chi connectivity index (χ1v) is 18.5. The Morgan fingerprint density at radius 2 is 0.918 bits per heavy atom. The van der Waals surface area contributed by atoms with Crippen LogP contribution in [0.5, 0.6) is 11.5 Å². The van der Waals surface area contributed by atoms with Crippen molar-refractivity contribution in [2.24, 2.45) is 0 Å². The number of hydrogen-bond donors (Lipinski definition) is 0. The van der Waals surface area contributed by atoms with Crippen molar-refractivity contribution in [3.05, 3.63) is 140 Å². The number of para-hydroxylation sites is 4. The van der Waals surface area contributed by atoms with Crippen LogP contribution in [0.15, 0.2) is 140 Å². The van der Waals surface area contributed by atoms with E-state index in [4.69, 9.17) is 9.47 Å². The van der Waals surface area contributed by atoms with Crippen molar-refractivity contribution < 1.29 is 9.47 Å². The highest BCUT2D eigenvalue weighted by molar-refractivity contribution is 7.67. The summed E-state index contributed by atoms with van der Waals surface area (Å²) in [6.07, 6.45) is 0. The molecule has 4 nitrogen and oxygen atoms in total. The first kappa shape index (κ1) is 32.5. The molecular weight excluding hydrogens is 619 g/mol. The lowest BCUT2D eigenvalue weighted by molar-refractivity contribution is 0.414. The molecule has 2 heterocycles. The van der Waals surface area contributed by atoms with E-state index in [1.54, 1.807) is 14.2 Å². The highest BCUT2D eigenvalue weighted by Gasteiger charge is 2.27. The van der Waals surface area contributed by atoms with Gasteiger partial charge in [0, 0.05) is 38.6 Å². The number of benzene rings is 6. The summed E-state index contributed by atoms with van der Waals surface area (Å²) in [5.41, 5.74) is 8.47. The van der Waals surface area contributed by atoms with Crippen LogP contribution in [-0.4, -0.2) is 34.7 Å². The molecular formula is C44H43N2O2P. The van der Waals surface area contributed by atoms with E-state index >= 15 is 0 Å². The smallest absolute Gasteiger partial charge is 0.128 e. The van der Waals surface area contributed by atoms with E-state index in [2.05, 4.69) is 164 Å². The van der Waals surface area contributed by atoms with Gasteiger partial charge in [0.25, 0.3) is 0 Å². The predicted octanol–water partition coefficient (Wildman–Crippen LogP) is 11.5. The maximum Gasteiger partial charge on any atom is 0.128 e. The average Bonchev–Trinajstić information content (AvgIpc) is 3.65. The lowest BCUT2D eigenvalue weighted by Gasteiger charge is -2.30. The third-order valence-electron chi connectivity index (χ3n) is 9.28. The summed E-state index contributed by atoms with van der Waals surface area (Å²) in [5.74, 6) is 1.88. The fourth-order valence-corrected chi connectivity index (χ4v) is 10.4. The molecule has 0 aliphatic heterocycles. The van der Waals surface area contributed by atoms with Crippen LogP contribution in [0.2, 0.25) is 0 Å². The topological polar surface area (TPSA) is 28.3 Å². The quantitative estimate of drug-likeness (QED) is 0.159. The van der Waals surface area contributed by atoms with Crippen LogP contribution in [0.4, 0.5) is 0 Å². The Morgan fingerprint density at radius 1 is 0.469 bits per heavy atom. The highest BCUT2D eigenvalue weighted by atomic mass is 31.1. The third-order valence-corrected chi connectivity index (χ3v) is 12.5. The van der Waals surface area contributed by atoms with Crippen LogP contribution in [0.3, 0.4) is 0 Å². The Kier molecular flexibility index (Phi) is 9.17. The van der Waals surface area contributed by atoms with Gasteiger partial charge in [0.15, 0.2) is 0 Å². The second kappa shape index (κ2) is 13.8. The monoisotopic (exact) mass is 662 g/mol. The van der Waals surface area contributed by atoms with Crippen LogP contribution < -0.4 is 14.8 Å². The molecule has 0 bridgehead atoms. The number of nitrogens with zero attached hydrogens (tertiary/aromatic N) is 2. The van der Waals surface area contributed by atoms with Crippen LogP contribution in [0.1, 0.15) is 27.7 Å². The van der Waals surface area contributed by atoms with E-state index in [9.17, 15) is 0 Å². The molecule has 246 valence electrons. The van der Waals surface area contributed by atoms with Gasteiger partial charge in [-0.15, -0.1) is 0 Å². The van der Waals surface area contributed by atoms with Gasteiger partial charge >= 0.3 is 0 Å². The fourth-order valence-electron chi connectivity index (χ4n) is 7.36. The Balaban J connectivity index is 0.000000160. The van der Waals surface area contributed by atoms with Crippen molar-refractivity contribution in [3.63, 3.8) is 0 Å². The van der Waals surface area contributed by atoms with Crippen LogP contribution in [0, 0.1) is 0 Å². The normalized spacial score (nSPS) is 11.6. The van der Waals surface area contributed by atoms with Crippen molar-refractivity contribution in [1.82, 2.24) is 9.13 Å². The lowest BCUT2D eigenvalue weighted by atomic mass is 10.2. The first-order chi connectivity index (χ1) is 23.9. The van der Waals surface area contributed by atoms with Crippen molar-refractivity contribution in [1.29, 1.82) is 0 Å². The maximum atomic E-state index is 5.89. The van der Waals surface area contributed by atoms with Crippen LogP contribution in [-0.2, 0) is 0 Å². The van der Waals surface area contributed by atoms with E-state index in [0.29, 0.717) is 11.3 Å². The molecule has 8 aromatic rings. The van der Waals surface area contributed by atoms with Gasteiger partial charge in [-0.3, -0.25) is 0 Å². The Labute approximate surface area is 290 Å². The van der Waals surface area contributed by atoms with Crippen molar-refractivity contribution >= 4 is 56.8 Å². The number of rotatable bonds is 7. The number of methoxy groups -OCH3 is 2. The molecule has 0 saturated carbocycles. The van der Waals surface area contributed by atoms with Gasteiger partial charge in [-0.2, -0.15) is 0 Å². The van der Waals surface area contributed by atoms with E-state index in [1.165, 1.54) is 54.6 Å². The molecule has 0 unspecified atom stereocenters. The van der Waals surface area contributed by atoms with Gasteiger partial charge in [0.1, 0.15) is 11.5 Å². The summed E-state index contributed by atoms with van der Waals surface area (Å²) in [4.78, 5) is 0. The summed E-state index contributed by atoms with van der Waals surface area (Å²) in [6.45, 7) is 9.36. The van der Waals surface area contributed by atoms with Gasteiger partial charge < -0.3 is 18.6 Å². The summed E-state index contributed by atoms with van der Waals surface area (Å²) in [7, 11) is 3.11. The molecule has 2 aromatic heterocycles. The molecule has 0 aliphatic carbocycles. The molecule has 0 fully saturated rings. The Morgan fingerprint density at radius 3 is 1.37 bits per heavy atom. The molecule has 49 heavy (non-hydrogen) atoms. The molecule has 8 rings (SSSR count). The summed E-state index contributed by atoms with van der Waals surface area (Å²) >= 11 is 0. The van der Waals surface area contributed by atoms with Crippen molar-refractivity contribution in [3.8, 4) is 22.9 Å². The minimum atomic E-state index is -0.383. The summed E-state index contributed by atoms with van der Waals surface area (Å²) in [5, 5.41) is 6.51. The number of aromatic nitrogens is 2. The van der Waals surface area contributed by atoms with Gasteiger partial charge in [0.05, 0.1) is 42.0 Å². The lowest BCUT2D eigenvalue weighted by Crippen LogP contribution is -2.21. The zero-order chi connectivity index (χ0) is 34.1. The van der Waals surface area contributed by atoms with Crippen LogP contribution in [0.25, 0.3) is 55.0 Å². The van der Waals surface area contributed by atoms with E-state index < -0.39 is 0 Å². The SMILES string of the molecule is COc1cccc(-n2c3ccccc3c3ccccc32)c1.COc1cccc(-n2c3ccccc3c3ccccc32)c1P(C(C)C)C(C)C. The van der Waals surface area contributed by atoms with E-state index in [0.717, 1.165) is 17.2 Å². The third kappa shape index (κ3) is 5.85. The summed E-state index contributed by atoms with van der Waals surface area (Å²) in [6, 6.07) is 49.1. The van der Waals surface area contributed by atoms with E-state index in [-0.39, 0.29) is 7.92 Å². The second-order valence-electron chi connectivity index (χ2n) is 12.9. The molecule has 5 heteroatoms. The maximum absolute atomic E-state index is 5.89. The second-order valence-corrected chi connectivity index (χ2v) is 16.2. The van der Waals surface area contributed by atoms with Gasteiger partial charge in [-0.05, 0) is 59.8 Å². The highest BCUT2D eigenvalue weighted by Crippen LogP contribution is 2.49. The largest absolute Gasteiger partial charge is 0.497 e. The van der Waals surface area contributed by atoms with E-state index in [1.807, 2.05) is 12.1 Å². The minimum absolute atomic E-state index is 0.383. The minimum Gasteiger partial charge on any atom is -0.497 e.